The highest BCUT2D eigenvalue weighted by atomic mass is 35.5. The summed E-state index contributed by atoms with van der Waals surface area (Å²) in [5.41, 5.74) is 2.50. The molecule has 3 N–H and O–H groups in total. The fourth-order valence-corrected chi connectivity index (χ4v) is 10.6. The van der Waals surface area contributed by atoms with Crippen LogP contribution in [0.4, 0.5) is 4.39 Å². The van der Waals surface area contributed by atoms with Crippen molar-refractivity contribution >= 4 is 50.7 Å². The first kappa shape index (κ1) is 45.9. The van der Waals surface area contributed by atoms with E-state index in [1.165, 1.54) is 36.0 Å². The van der Waals surface area contributed by atoms with Gasteiger partial charge in [-0.25, -0.2) is 29.1 Å². The molecule has 0 amide bonds. The van der Waals surface area contributed by atoms with Crippen LogP contribution >= 0.6 is 34.5 Å². The van der Waals surface area contributed by atoms with Gasteiger partial charge in [-0.15, -0.1) is 11.3 Å². The molecule has 10 rings (SSSR count). The molecule has 0 spiro atoms. The van der Waals surface area contributed by atoms with Crippen molar-refractivity contribution in [2.45, 2.75) is 76.5 Å². The SMILES string of the molecule is Cc1c(Cl)c2c(Cl)c(C)c1-c1c(-c3ccc(F)cc3)sc3ncnc(c13)O[C@@H](C(=O)O)Cc1cc(ccc1OCc1ccnc([C@]3(O)CCCC[C@H]3O)n1)OC[C@@H](CN1CCN(C)CC1)O2. The molecule has 4 atom stereocenters. The lowest BCUT2D eigenvalue weighted by Gasteiger charge is -2.35. The third-order valence-corrected chi connectivity index (χ3v) is 14.7. The molecule has 18 heteroatoms. The van der Waals surface area contributed by atoms with Gasteiger partial charge < -0.3 is 39.2 Å². The molecule has 3 aromatic heterocycles. The van der Waals surface area contributed by atoms with Gasteiger partial charge in [0.15, 0.2) is 11.6 Å². The summed E-state index contributed by atoms with van der Waals surface area (Å²) < 4.78 is 40.5. The summed E-state index contributed by atoms with van der Waals surface area (Å²) in [4.78, 5) is 37.1. The van der Waals surface area contributed by atoms with Gasteiger partial charge in [0, 0.05) is 61.3 Å². The Labute approximate surface area is 394 Å². The summed E-state index contributed by atoms with van der Waals surface area (Å²) in [6, 6.07) is 12.9. The monoisotopic (exact) mass is 958 g/mol. The standard InChI is InChI=1S/C48H49Cl2FN6O8S/c1-26-37-27(2)41(50)42(40(26)49)64-33(22-57-18-16-56(3)17-19-57)24-62-32-11-12-34(63-23-31-13-15-52-47(55-31)48(61)14-5-4-6-36(48)58)29(20-32)21-35(46(59)60)65-44-39-38(37)43(66-45(39)54-25-53-44)28-7-9-30(51)10-8-28/h7-13,15,20,25,33,35-36,58,61H,4-6,14,16-19,21-24H2,1-3H3,(H,59,60)/t33-,35-,36-,48+/m1/s1. The number of halogens is 3. The van der Waals surface area contributed by atoms with E-state index in [9.17, 15) is 24.5 Å². The van der Waals surface area contributed by atoms with Crippen molar-refractivity contribution in [2.75, 3.05) is 46.4 Å². The fourth-order valence-electron chi connectivity index (χ4n) is 8.95. The Kier molecular flexibility index (Phi) is 13.4. The van der Waals surface area contributed by atoms with Crippen molar-refractivity contribution in [3.8, 4) is 44.7 Å². The molecular formula is C48H49Cl2FN6O8S. The maximum Gasteiger partial charge on any atom is 0.345 e. The van der Waals surface area contributed by atoms with Crippen molar-refractivity contribution in [1.82, 2.24) is 29.7 Å². The summed E-state index contributed by atoms with van der Waals surface area (Å²) in [7, 11) is 2.09. The molecule has 3 aromatic carbocycles. The molecule has 66 heavy (non-hydrogen) atoms. The van der Waals surface area contributed by atoms with Gasteiger partial charge in [-0.3, -0.25) is 4.90 Å². The molecule has 0 radical (unpaired) electrons. The maximum atomic E-state index is 14.4. The number of piperazine rings is 1. The summed E-state index contributed by atoms with van der Waals surface area (Å²) in [6.07, 6.45) is 1.86. The van der Waals surface area contributed by atoms with Crippen LogP contribution < -0.4 is 18.9 Å². The zero-order chi connectivity index (χ0) is 46.3. The first-order valence-electron chi connectivity index (χ1n) is 21.9. The van der Waals surface area contributed by atoms with Gasteiger partial charge in [0.1, 0.15) is 53.4 Å². The van der Waals surface area contributed by atoms with Gasteiger partial charge in [-0.05, 0) is 98.8 Å². The van der Waals surface area contributed by atoms with Gasteiger partial charge in [0.25, 0.3) is 0 Å². The minimum Gasteiger partial charge on any atom is -0.490 e. The Bertz CT molecular complexity index is 2750. The van der Waals surface area contributed by atoms with Crippen molar-refractivity contribution in [3.05, 3.63) is 105 Å². The second-order valence-electron chi connectivity index (χ2n) is 17.2. The number of ether oxygens (including phenoxy) is 4. The van der Waals surface area contributed by atoms with E-state index in [2.05, 4.69) is 36.8 Å². The number of thiophene rings is 1. The molecule has 1 saturated carbocycles. The van der Waals surface area contributed by atoms with E-state index < -0.39 is 35.7 Å². The third-order valence-electron chi connectivity index (χ3n) is 12.7. The Morgan fingerprint density at radius 2 is 1.74 bits per heavy atom. The molecule has 0 unspecified atom stereocenters. The number of aliphatic carboxylic acids is 1. The van der Waals surface area contributed by atoms with Crippen LogP contribution in [0.25, 0.3) is 31.8 Å². The van der Waals surface area contributed by atoms with Crippen LogP contribution in [0.15, 0.2) is 61.1 Å². The molecule has 6 heterocycles. The summed E-state index contributed by atoms with van der Waals surface area (Å²) in [5.74, 6) is -0.504. The van der Waals surface area contributed by atoms with Gasteiger partial charge in [-0.2, -0.15) is 0 Å². The number of rotatable bonds is 8. The van der Waals surface area contributed by atoms with E-state index in [0.29, 0.717) is 90.8 Å². The van der Waals surface area contributed by atoms with E-state index >= 15 is 0 Å². The van der Waals surface area contributed by atoms with E-state index in [-0.39, 0.29) is 41.4 Å². The van der Waals surface area contributed by atoms with Gasteiger partial charge in [0.05, 0.1) is 27.2 Å². The Morgan fingerprint density at radius 3 is 2.47 bits per heavy atom. The zero-order valence-electron chi connectivity index (χ0n) is 36.6. The predicted molar refractivity (Wildman–Crippen MR) is 249 cm³/mol. The molecule has 4 aliphatic rings. The van der Waals surface area contributed by atoms with Crippen LogP contribution in [0.5, 0.6) is 23.1 Å². The number of benzene rings is 3. The number of hydrogen-bond acceptors (Lipinski definition) is 14. The molecule has 1 aliphatic carbocycles. The highest BCUT2D eigenvalue weighted by Gasteiger charge is 2.42. The van der Waals surface area contributed by atoms with Crippen LogP contribution in [-0.4, -0.2) is 116 Å². The zero-order valence-corrected chi connectivity index (χ0v) is 38.9. The molecule has 3 aliphatic heterocycles. The van der Waals surface area contributed by atoms with Gasteiger partial charge in [-0.1, -0.05) is 41.8 Å². The van der Waals surface area contributed by atoms with Crippen LogP contribution in [-0.2, 0) is 23.4 Å². The predicted octanol–water partition coefficient (Wildman–Crippen LogP) is 8.04. The second-order valence-corrected chi connectivity index (χ2v) is 18.9. The minimum atomic E-state index is -1.58. The van der Waals surface area contributed by atoms with E-state index in [4.69, 9.17) is 42.1 Å². The van der Waals surface area contributed by atoms with E-state index in [0.717, 1.165) is 39.0 Å². The van der Waals surface area contributed by atoms with Crippen LogP contribution in [0.2, 0.25) is 10.0 Å². The Hall–Kier alpha value is -5.20. The number of carboxylic acids is 1. The molecule has 14 nitrogen and oxygen atoms in total. The Balaban J connectivity index is 1.16. The molecule has 1 saturated heterocycles. The van der Waals surface area contributed by atoms with Crippen molar-refractivity contribution < 1.29 is 43.5 Å². The van der Waals surface area contributed by atoms with E-state index in [1.807, 2.05) is 13.8 Å². The lowest BCUT2D eigenvalue weighted by Crippen LogP contribution is -2.49. The average Bonchev–Trinajstić information content (AvgIpc) is 3.70. The number of aliphatic hydroxyl groups excluding tert-OH is 1. The van der Waals surface area contributed by atoms with Gasteiger partial charge >= 0.3 is 5.97 Å². The average molecular weight is 960 g/mol. The van der Waals surface area contributed by atoms with Crippen molar-refractivity contribution in [2.24, 2.45) is 0 Å². The highest BCUT2D eigenvalue weighted by Crippen LogP contribution is 2.53. The normalized spacial score (nSPS) is 21.7. The summed E-state index contributed by atoms with van der Waals surface area (Å²) in [5, 5.41) is 34.0. The molecule has 346 valence electrons. The number of nitrogens with zero attached hydrogens (tertiary/aromatic N) is 6. The maximum absolute atomic E-state index is 14.4. The molecule has 6 aromatic rings. The quantitative estimate of drug-likeness (QED) is 0.134. The number of carboxylic acid groups (broad SMARTS) is 1. The number of aliphatic hydroxyl groups is 2. The lowest BCUT2D eigenvalue weighted by molar-refractivity contribution is -0.145. The topological polar surface area (TPSA) is 173 Å². The third kappa shape index (κ3) is 9.24. The minimum absolute atomic E-state index is 0.00107. The van der Waals surface area contributed by atoms with Gasteiger partial charge in [0.2, 0.25) is 12.0 Å². The van der Waals surface area contributed by atoms with E-state index in [1.54, 1.807) is 36.4 Å². The van der Waals surface area contributed by atoms with Crippen LogP contribution in [0, 0.1) is 19.7 Å². The first-order chi connectivity index (χ1) is 31.8. The number of likely N-dealkylation sites (N-methyl/N-ethyl adjacent to an activating group) is 1. The summed E-state index contributed by atoms with van der Waals surface area (Å²) in [6.45, 7) is 7.65. The number of aromatic nitrogens is 4. The highest BCUT2D eigenvalue weighted by molar-refractivity contribution is 7.22. The number of hydrogen-bond donors (Lipinski definition) is 3. The van der Waals surface area contributed by atoms with Crippen LogP contribution in [0.1, 0.15) is 53.9 Å². The number of fused-ring (bicyclic) bond motifs is 7. The summed E-state index contributed by atoms with van der Waals surface area (Å²) >= 11 is 15.9. The fraction of sp³-hybridized carbons (Fsp3) is 0.396. The largest absolute Gasteiger partial charge is 0.490 e. The Morgan fingerprint density at radius 1 is 0.985 bits per heavy atom. The first-order valence-corrected chi connectivity index (χ1v) is 23.4. The number of carbonyl (C=O) groups is 1. The smallest absolute Gasteiger partial charge is 0.345 e. The van der Waals surface area contributed by atoms with Crippen molar-refractivity contribution in [3.63, 3.8) is 0 Å². The second kappa shape index (κ2) is 19.2. The van der Waals surface area contributed by atoms with Crippen LogP contribution in [0.3, 0.4) is 0 Å². The molecule has 4 bridgehead atoms. The molecular weight excluding hydrogens is 911 g/mol. The lowest BCUT2D eigenvalue weighted by atomic mass is 9.81. The van der Waals surface area contributed by atoms with Crippen molar-refractivity contribution in [1.29, 1.82) is 0 Å². The molecule has 2 fully saturated rings.